The van der Waals surface area contributed by atoms with Gasteiger partial charge in [-0.2, -0.15) is 0 Å². The minimum absolute atomic E-state index is 0.0373. The summed E-state index contributed by atoms with van der Waals surface area (Å²) in [6.07, 6.45) is 2.31. The van der Waals surface area contributed by atoms with Crippen molar-refractivity contribution in [2.75, 3.05) is 0 Å². The van der Waals surface area contributed by atoms with Crippen LogP contribution in [0.5, 0.6) is 0 Å². The molecule has 2 amide bonds. The van der Waals surface area contributed by atoms with Crippen molar-refractivity contribution >= 4 is 23.2 Å². The van der Waals surface area contributed by atoms with Gasteiger partial charge in [-0.25, -0.2) is 4.98 Å². The lowest BCUT2D eigenvalue weighted by atomic mass is 10.2. The molecule has 0 saturated heterocycles. The van der Waals surface area contributed by atoms with Gasteiger partial charge >= 0.3 is 0 Å². The summed E-state index contributed by atoms with van der Waals surface area (Å²) in [5, 5.41) is 3.59. The first-order valence-corrected chi connectivity index (χ1v) is 7.02. The van der Waals surface area contributed by atoms with Crippen LogP contribution in [0.15, 0.2) is 36.5 Å². The summed E-state index contributed by atoms with van der Waals surface area (Å²) in [5.74, 6) is -0.521. The summed E-state index contributed by atoms with van der Waals surface area (Å²) in [7, 11) is 0. The van der Waals surface area contributed by atoms with Gasteiger partial charge in [0, 0.05) is 19.4 Å². The third-order valence-electron chi connectivity index (χ3n) is 2.69. The molecule has 0 aliphatic heterocycles. The molecule has 3 N–H and O–H groups in total. The third kappa shape index (κ3) is 4.17. The Hall–Kier alpha value is -2.21. The van der Waals surface area contributed by atoms with Gasteiger partial charge in [-0.1, -0.05) is 30.3 Å². The number of benzene rings is 1. The predicted octanol–water partition coefficient (Wildman–Crippen LogP) is 1.49. The first-order chi connectivity index (χ1) is 9.65. The van der Waals surface area contributed by atoms with Crippen LogP contribution in [-0.4, -0.2) is 16.8 Å². The van der Waals surface area contributed by atoms with E-state index in [4.69, 9.17) is 5.73 Å². The Kier molecular flexibility index (Phi) is 4.84. The van der Waals surface area contributed by atoms with E-state index in [0.717, 1.165) is 10.6 Å². The summed E-state index contributed by atoms with van der Waals surface area (Å²) < 4.78 is 0. The highest BCUT2D eigenvalue weighted by atomic mass is 32.1. The van der Waals surface area contributed by atoms with Crippen LogP contribution in [0.4, 0.5) is 0 Å². The molecule has 1 heterocycles. The summed E-state index contributed by atoms with van der Waals surface area (Å²) in [6, 6.07) is 9.72. The molecule has 2 rings (SSSR count). The third-order valence-corrected chi connectivity index (χ3v) is 3.77. The highest BCUT2D eigenvalue weighted by molar-refractivity contribution is 7.13. The number of thiazole rings is 1. The molecule has 104 valence electrons. The molecule has 0 fully saturated rings. The maximum absolute atomic E-state index is 11.7. The van der Waals surface area contributed by atoms with Crippen LogP contribution in [0.25, 0.3) is 0 Å². The number of aromatic nitrogens is 1. The van der Waals surface area contributed by atoms with Crippen molar-refractivity contribution in [3.63, 3.8) is 0 Å². The smallest absolute Gasteiger partial charge is 0.260 e. The summed E-state index contributed by atoms with van der Waals surface area (Å²) in [6.45, 7) is 0.518. The van der Waals surface area contributed by atoms with Crippen LogP contribution >= 0.6 is 11.3 Å². The molecular formula is C14H15N3O2S. The molecule has 6 heteroatoms. The second kappa shape index (κ2) is 6.81. The summed E-state index contributed by atoms with van der Waals surface area (Å²) in [4.78, 5) is 27.1. The van der Waals surface area contributed by atoms with Crippen molar-refractivity contribution in [2.45, 2.75) is 19.4 Å². The number of hydrogen-bond donors (Lipinski definition) is 2. The highest BCUT2D eigenvalue weighted by Gasteiger charge is 2.08. The average Bonchev–Trinajstić information content (AvgIpc) is 2.93. The Morgan fingerprint density at radius 1 is 1.25 bits per heavy atom. The molecule has 0 unspecified atom stereocenters. The number of aryl methyl sites for hydroxylation is 1. The van der Waals surface area contributed by atoms with E-state index in [1.54, 1.807) is 0 Å². The topological polar surface area (TPSA) is 85.1 Å². The van der Waals surface area contributed by atoms with E-state index in [9.17, 15) is 9.59 Å². The first kappa shape index (κ1) is 14.2. The van der Waals surface area contributed by atoms with Crippen LogP contribution in [0.2, 0.25) is 0 Å². The van der Waals surface area contributed by atoms with Gasteiger partial charge in [-0.15, -0.1) is 11.3 Å². The number of rotatable bonds is 6. The maximum atomic E-state index is 11.7. The number of nitrogens with one attached hydrogen (secondary N) is 1. The van der Waals surface area contributed by atoms with E-state index in [1.165, 1.54) is 17.5 Å². The van der Waals surface area contributed by atoms with Crippen molar-refractivity contribution in [3.05, 3.63) is 52.0 Å². The zero-order valence-electron chi connectivity index (χ0n) is 10.8. The molecule has 20 heavy (non-hydrogen) atoms. The molecule has 1 aromatic carbocycles. The average molecular weight is 289 g/mol. The van der Waals surface area contributed by atoms with Gasteiger partial charge in [0.2, 0.25) is 5.91 Å². The van der Waals surface area contributed by atoms with Crippen LogP contribution in [-0.2, 0) is 17.8 Å². The van der Waals surface area contributed by atoms with Crippen LogP contribution < -0.4 is 11.1 Å². The number of primary amides is 1. The lowest BCUT2D eigenvalue weighted by Crippen LogP contribution is -2.22. The zero-order valence-corrected chi connectivity index (χ0v) is 11.7. The predicted molar refractivity (Wildman–Crippen MR) is 77.2 cm³/mol. The second-order valence-electron chi connectivity index (χ2n) is 4.24. The molecule has 0 aliphatic carbocycles. The van der Waals surface area contributed by atoms with Crippen LogP contribution in [0.1, 0.15) is 26.7 Å². The lowest BCUT2D eigenvalue weighted by molar-refractivity contribution is -0.121. The van der Waals surface area contributed by atoms with Gasteiger partial charge in [-0.05, 0) is 5.56 Å². The van der Waals surface area contributed by atoms with E-state index in [2.05, 4.69) is 10.3 Å². The molecule has 5 nitrogen and oxygen atoms in total. The number of nitrogens with two attached hydrogens (primary N) is 1. The Morgan fingerprint density at radius 2 is 2.00 bits per heavy atom. The molecule has 2 aromatic rings. The molecule has 0 radical (unpaired) electrons. The van der Waals surface area contributed by atoms with Crippen molar-refractivity contribution in [2.24, 2.45) is 5.73 Å². The van der Waals surface area contributed by atoms with Crippen molar-refractivity contribution < 1.29 is 9.59 Å². The normalized spacial score (nSPS) is 10.2. The fourth-order valence-corrected chi connectivity index (χ4v) is 2.41. The first-order valence-electron chi connectivity index (χ1n) is 6.20. The molecule has 0 atom stereocenters. The number of hydrogen-bond acceptors (Lipinski definition) is 4. The molecule has 0 saturated carbocycles. The van der Waals surface area contributed by atoms with Crippen molar-refractivity contribution in [1.82, 2.24) is 10.3 Å². The Bertz CT molecular complexity index is 595. The van der Waals surface area contributed by atoms with E-state index >= 15 is 0 Å². The lowest BCUT2D eigenvalue weighted by Gasteiger charge is -2.04. The van der Waals surface area contributed by atoms with E-state index in [1.807, 2.05) is 30.3 Å². The van der Waals surface area contributed by atoms with Gasteiger partial charge in [0.1, 0.15) is 4.88 Å². The molecule has 0 aliphatic rings. The van der Waals surface area contributed by atoms with Gasteiger partial charge in [-0.3, -0.25) is 9.59 Å². The summed E-state index contributed by atoms with van der Waals surface area (Å²) >= 11 is 1.23. The van der Waals surface area contributed by atoms with Gasteiger partial charge in [0.15, 0.2) is 0 Å². The monoisotopic (exact) mass is 289 g/mol. The largest absolute Gasteiger partial charge is 0.365 e. The maximum Gasteiger partial charge on any atom is 0.260 e. The van der Waals surface area contributed by atoms with Crippen molar-refractivity contribution in [3.8, 4) is 0 Å². The Morgan fingerprint density at radius 3 is 2.65 bits per heavy atom. The van der Waals surface area contributed by atoms with E-state index in [0.29, 0.717) is 24.3 Å². The van der Waals surface area contributed by atoms with Gasteiger partial charge < -0.3 is 11.1 Å². The van der Waals surface area contributed by atoms with Crippen molar-refractivity contribution in [1.29, 1.82) is 0 Å². The van der Waals surface area contributed by atoms with E-state index in [-0.39, 0.29) is 5.91 Å². The standard InChI is InChI=1S/C14H15N3O2S/c15-14(19)11-9-17-13(20-11)7-6-12(18)16-8-10-4-2-1-3-5-10/h1-5,9H,6-8H2,(H2,15,19)(H,16,18). The molecule has 0 spiro atoms. The minimum Gasteiger partial charge on any atom is -0.365 e. The van der Waals surface area contributed by atoms with Crippen LogP contribution in [0.3, 0.4) is 0 Å². The zero-order chi connectivity index (χ0) is 14.4. The minimum atomic E-state index is -0.484. The number of carbonyl (C=O) groups is 2. The fourth-order valence-electron chi connectivity index (χ4n) is 1.65. The molecule has 1 aromatic heterocycles. The summed E-state index contributed by atoms with van der Waals surface area (Å²) in [5.41, 5.74) is 6.21. The Balaban J connectivity index is 1.76. The number of amides is 2. The quantitative estimate of drug-likeness (QED) is 0.845. The molecule has 0 bridgehead atoms. The van der Waals surface area contributed by atoms with Crippen LogP contribution in [0, 0.1) is 0 Å². The van der Waals surface area contributed by atoms with Gasteiger partial charge in [0.25, 0.3) is 5.91 Å². The number of nitrogens with zero attached hydrogens (tertiary/aromatic N) is 1. The molecular weight excluding hydrogens is 274 g/mol. The fraction of sp³-hybridized carbons (Fsp3) is 0.214. The SMILES string of the molecule is NC(=O)c1cnc(CCC(=O)NCc2ccccc2)s1. The number of carbonyl (C=O) groups excluding carboxylic acids is 2. The van der Waals surface area contributed by atoms with Gasteiger partial charge in [0.05, 0.1) is 11.2 Å². The van der Waals surface area contributed by atoms with E-state index < -0.39 is 5.91 Å². The highest BCUT2D eigenvalue weighted by Crippen LogP contribution is 2.13. The second-order valence-corrected chi connectivity index (χ2v) is 5.36. The Labute approximate surface area is 120 Å².